The van der Waals surface area contributed by atoms with E-state index < -0.39 is 0 Å². The maximum atomic E-state index is 5.72. The summed E-state index contributed by atoms with van der Waals surface area (Å²) in [5.41, 5.74) is 2.67. The molecule has 0 spiro atoms. The molecule has 0 aromatic heterocycles. The number of ether oxygens (including phenoxy) is 1. The van der Waals surface area contributed by atoms with Gasteiger partial charge in [-0.3, -0.25) is 0 Å². The summed E-state index contributed by atoms with van der Waals surface area (Å²) in [4.78, 5) is 2.49. The molecule has 3 heteroatoms. The fourth-order valence-electron chi connectivity index (χ4n) is 3.00. The van der Waals surface area contributed by atoms with Gasteiger partial charge in [-0.2, -0.15) is 0 Å². The van der Waals surface area contributed by atoms with Gasteiger partial charge in [0, 0.05) is 24.9 Å². The second kappa shape index (κ2) is 6.92. The maximum Gasteiger partial charge on any atom is 0.0685 e. The zero-order valence-corrected chi connectivity index (χ0v) is 12.4. The van der Waals surface area contributed by atoms with Crippen molar-refractivity contribution in [3.05, 3.63) is 29.8 Å². The molecule has 0 aliphatic carbocycles. The average molecular weight is 262 g/mol. The molecule has 1 aliphatic rings. The van der Waals surface area contributed by atoms with Crippen molar-refractivity contribution in [2.75, 3.05) is 31.2 Å². The van der Waals surface area contributed by atoms with E-state index in [0.717, 1.165) is 32.7 Å². The number of nitrogens with one attached hydrogen (secondary N) is 1. The molecule has 0 amide bonds. The van der Waals surface area contributed by atoms with Crippen molar-refractivity contribution >= 4 is 5.69 Å². The highest BCUT2D eigenvalue weighted by Crippen LogP contribution is 2.25. The van der Waals surface area contributed by atoms with Crippen LogP contribution in [0.3, 0.4) is 0 Å². The molecule has 19 heavy (non-hydrogen) atoms. The number of anilines is 1. The van der Waals surface area contributed by atoms with Crippen LogP contribution >= 0.6 is 0 Å². The molecule has 1 aliphatic heterocycles. The summed E-state index contributed by atoms with van der Waals surface area (Å²) in [5.74, 6) is 0. The molecule has 106 valence electrons. The van der Waals surface area contributed by atoms with Crippen LogP contribution in [0.1, 0.15) is 25.8 Å². The molecule has 2 atom stereocenters. The van der Waals surface area contributed by atoms with Gasteiger partial charge >= 0.3 is 0 Å². The second-order valence-corrected chi connectivity index (χ2v) is 5.17. The zero-order valence-electron chi connectivity index (χ0n) is 12.4. The third-order valence-electron chi connectivity index (χ3n) is 3.96. The van der Waals surface area contributed by atoms with Gasteiger partial charge in [0.15, 0.2) is 0 Å². The molecule has 1 fully saturated rings. The van der Waals surface area contributed by atoms with E-state index in [1.54, 1.807) is 0 Å². The summed E-state index contributed by atoms with van der Waals surface area (Å²) in [7, 11) is 0. The molecule has 2 rings (SSSR count). The normalized spacial score (nSPS) is 23.3. The summed E-state index contributed by atoms with van der Waals surface area (Å²) in [6.45, 7) is 10.3. The fraction of sp³-hybridized carbons (Fsp3) is 0.625. The first-order valence-corrected chi connectivity index (χ1v) is 7.41. The van der Waals surface area contributed by atoms with Gasteiger partial charge in [0.2, 0.25) is 0 Å². The monoisotopic (exact) mass is 262 g/mol. The molecule has 0 radical (unpaired) electrons. The lowest BCUT2D eigenvalue weighted by Crippen LogP contribution is -2.55. The summed E-state index contributed by atoms with van der Waals surface area (Å²) >= 11 is 0. The van der Waals surface area contributed by atoms with E-state index in [2.05, 4.69) is 55.3 Å². The lowest BCUT2D eigenvalue weighted by Gasteiger charge is -2.41. The second-order valence-electron chi connectivity index (χ2n) is 5.17. The van der Waals surface area contributed by atoms with Crippen LogP contribution in [-0.4, -0.2) is 38.4 Å². The van der Waals surface area contributed by atoms with Gasteiger partial charge in [0.1, 0.15) is 0 Å². The molecular weight excluding hydrogens is 236 g/mol. The molecule has 1 saturated heterocycles. The van der Waals surface area contributed by atoms with Crippen LogP contribution in [0.4, 0.5) is 5.69 Å². The number of para-hydroxylation sites is 1. The lowest BCUT2D eigenvalue weighted by atomic mass is 10.00. The molecule has 1 aromatic rings. The third kappa shape index (κ3) is 3.28. The Morgan fingerprint density at radius 1 is 1.32 bits per heavy atom. The van der Waals surface area contributed by atoms with Gasteiger partial charge in [0.25, 0.3) is 0 Å². The number of nitrogens with zero attached hydrogens (tertiary/aromatic N) is 1. The third-order valence-corrected chi connectivity index (χ3v) is 3.96. The minimum Gasteiger partial charge on any atom is -0.379 e. The van der Waals surface area contributed by atoms with Crippen molar-refractivity contribution in [3.8, 4) is 0 Å². The van der Waals surface area contributed by atoms with Gasteiger partial charge in [0.05, 0.1) is 12.6 Å². The first-order valence-electron chi connectivity index (χ1n) is 7.41. The smallest absolute Gasteiger partial charge is 0.0685 e. The Bertz CT molecular complexity index is 392. The van der Waals surface area contributed by atoms with Crippen molar-refractivity contribution in [2.24, 2.45) is 0 Å². The van der Waals surface area contributed by atoms with Crippen molar-refractivity contribution in [3.63, 3.8) is 0 Å². The molecular formula is C16H26N2O. The molecule has 0 bridgehead atoms. The predicted octanol–water partition coefficient (Wildman–Crippen LogP) is 2.59. The van der Waals surface area contributed by atoms with Crippen molar-refractivity contribution in [1.82, 2.24) is 5.32 Å². The molecule has 3 nitrogen and oxygen atoms in total. The molecule has 1 aromatic carbocycles. The SMILES string of the molecule is CCNC1CCOCC1N(CC)c1ccccc1C. The van der Waals surface area contributed by atoms with E-state index >= 15 is 0 Å². The van der Waals surface area contributed by atoms with Crippen LogP contribution in [0.2, 0.25) is 0 Å². The number of rotatable bonds is 5. The summed E-state index contributed by atoms with van der Waals surface area (Å²) in [5, 5.41) is 3.62. The highest BCUT2D eigenvalue weighted by atomic mass is 16.5. The Morgan fingerprint density at radius 3 is 2.79 bits per heavy atom. The van der Waals surface area contributed by atoms with Crippen LogP contribution in [0.15, 0.2) is 24.3 Å². The number of aryl methyl sites for hydroxylation is 1. The Morgan fingerprint density at radius 2 is 2.11 bits per heavy atom. The lowest BCUT2D eigenvalue weighted by molar-refractivity contribution is 0.0596. The molecule has 1 heterocycles. The molecule has 2 unspecified atom stereocenters. The number of hydrogen-bond acceptors (Lipinski definition) is 3. The van der Waals surface area contributed by atoms with Gasteiger partial charge in [-0.15, -0.1) is 0 Å². The maximum absolute atomic E-state index is 5.72. The van der Waals surface area contributed by atoms with Crippen LogP contribution in [-0.2, 0) is 4.74 Å². The van der Waals surface area contributed by atoms with Gasteiger partial charge in [-0.05, 0) is 38.4 Å². The van der Waals surface area contributed by atoms with Gasteiger partial charge < -0.3 is 15.0 Å². The highest BCUT2D eigenvalue weighted by molar-refractivity contribution is 5.54. The quantitative estimate of drug-likeness (QED) is 0.882. The molecule has 0 saturated carbocycles. The van der Waals surface area contributed by atoms with Gasteiger partial charge in [-0.1, -0.05) is 25.1 Å². The van der Waals surface area contributed by atoms with Crippen LogP contribution < -0.4 is 10.2 Å². The zero-order chi connectivity index (χ0) is 13.7. The summed E-state index contributed by atoms with van der Waals surface area (Å²) in [6, 6.07) is 9.58. The largest absolute Gasteiger partial charge is 0.379 e. The van der Waals surface area contributed by atoms with E-state index in [9.17, 15) is 0 Å². The first kappa shape index (κ1) is 14.4. The van der Waals surface area contributed by atoms with Crippen LogP contribution in [0.25, 0.3) is 0 Å². The Kier molecular flexibility index (Phi) is 5.23. The van der Waals surface area contributed by atoms with E-state index in [-0.39, 0.29) is 0 Å². The fourth-order valence-corrected chi connectivity index (χ4v) is 3.00. The first-order chi connectivity index (χ1) is 9.27. The van der Waals surface area contributed by atoms with Gasteiger partial charge in [-0.25, -0.2) is 0 Å². The highest BCUT2D eigenvalue weighted by Gasteiger charge is 2.30. The number of hydrogen-bond donors (Lipinski definition) is 1. The summed E-state index contributed by atoms with van der Waals surface area (Å²) in [6.07, 6.45) is 1.10. The number of likely N-dealkylation sites (N-methyl/N-ethyl adjacent to an activating group) is 2. The predicted molar refractivity (Wildman–Crippen MR) is 80.9 cm³/mol. The Balaban J connectivity index is 2.22. The minimum absolute atomic E-state index is 0.430. The van der Waals surface area contributed by atoms with E-state index in [1.807, 2.05) is 0 Å². The summed E-state index contributed by atoms with van der Waals surface area (Å²) < 4.78 is 5.72. The Hall–Kier alpha value is -1.06. The van der Waals surface area contributed by atoms with Crippen LogP contribution in [0.5, 0.6) is 0 Å². The average Bonchev–Trinajstić information content (AvgIpc) is 2.44. The van der Waals surface area contributed by atoms with E-state index in [0.29, 0.717) is 12.1 Å². The topological polar surface area (TPSA) is 24.5 Å². The standard InChI is InChI=1S/C16H26N2O/c1-4-17-14-10-11-19-12-16(14)18(5-2)15-9-7-6-8-13(15)3/h6-9,14,16-17H,4-5,10-12H2,1-3H3. The minimum atomic E-state index is 0.430. The van der Waals surface area contributed by atoms with Crippen LogP contribution in [0, 0.1) is 6.92 Å². The van der Waals surface area contributed by atoms with E-state index in [4.69, 9.17) is 4.74 Å². The number of benzene rings is 1. The Labute approximate surface area is 116 Å². The van der Waals surface area contributed by atoms with E-state index in [1.165, 1.54) is 11.3 Å². The van der Waals surface area contributed by atoms with Crippen molar-refractivity contribution in [1.29, 1.82) is 0 Å². The van der Waals surface area contributed by atoms with Crippen molar-refractivity contribution < 1.29 is 4.74 Å². The van der Waals surface area contributed by atoms with Crippen molar-refractivity contribution in [2.45, 2.75) is 39.3 Å². The molecule has 1 N–H and O–H groups in total.